The fraction of sp³-hybridized carbons (Fsp3) is 0.429. The molecule has 0 aliphatic rings. The first kappa shape index (κ1) is 8.88. The molecule has 3 heteroatoms. The van der Waals surface area contributed by atoms with Gasteiger partial charge < -0.3 is 5.21 Å². The lowest BCUT2D eigenvalue weighted by atomic mass is 10.1. The van der Waals surface area contributed by atoms with Crippen molar-refractivity contribution in [1.29, 1.82) is 0 Å². The van der Waals surface area contributed by atoms with E-state index in [0.29, 0.717) is 0 Å². The lowest BCUT2D eigenvalue weighted by molar-refractivity contribution is -0.114. The maximum atomic E-state index is 10.8. The smallest absolute Gasteiger partial charge is 0.183 e. The molecule has 0 radical (unpaired) electrons. The summed E-state index contributed by atoms with van der Waals surface area (Å²) in [4.78, 5) is 10.8. The summed E-state index contributed by atoms with van der Waals surface area (Å²) in [7, 11) is 0. The Bertz CT molecular complexity index is 161. The molecule has 0 heterocycles. The standard InChI is InChI=1S/C7H11NO2/c1-3-4-6(2)7(9)5-8-10/h3-6,10H,1-2H3/b4-3-,8-5?/t6-/m0/s1. The van der Waals surface area contributed by atoms with Crippen LogP contribution in [0.5, 0.6) is 0 Å². The Morgan fingerprint density at radius 2 is 2.30 bits per heavy atom. The van der Waals surface area contributed by atoms with Crippen molar-refractivity contribution in [2.24, 2.45) is 11.1 Å². The van der Waals surface area contributed by atoms with Gasteiger partial charge in [0, 0.05) is 5.92 Å². The van der Waals surface area contributed by atoms with Gasteiger partial charge in [-0.05, 0) is 6.92 Å². The molecule has 0 aromatic heterocycles. The molecule has 0 spiro atoms. The first-order valence-corrected chi connectivity index (χ1v) is 3.06. The zero-order valence-electron chi connectivity index (χ0n) is 6.11. The van der Waals surface area contributed by atoms with Gasteiger partial charge in [-0.25, -0.2) is 0 Å². The molecule has 10 heavy (non-hydrogen) atoms. The van der Waals surface area contributed by atoms with E-state index in [2.05, 4.69) is 5.16 Å². The molecule has 1 atom stereocenters. The second-order valence-electron chi connectivity index (χ2n) is 1.96. The molecule has 0 bridgehead atoms. The molecule has 1 N–H and O–H groups in total. The Morgan fingerprint density at radius 1 is 1.70 bits per heavy atom. The molecule has 56 valence electrons. The van der Waals surface area contributed by atoms with E-state index < -0.39 is 0 Å². The van der Waals surface area contributed by atoms with Gasteiger partial charge in [-0.2, -0.15) is 0 Å². The van der Waals surface area contributed by atoms with Crippen molar-refractivity contribution in [3.05, 3.63) is 12.2 Å². The highest BCUT2D eigenvalue weighted by Gasteiger charge is 2.04. The average molecular weight is 141 g/mol. The Balaban J connectivity index is 3.94. The predicted octanol–water partition coefficient (Wildman–Crippen LogP) is 1.23. The van der Waals surface area contributed by atoms with Crippen LogP contribution >= 0.6 is 0 Å². The van der Waals surface area contributed by atoms with E-state index >= 15 is 0 Å². The van der Waals surface area contributed by atoms with Crippen LogP contribution in [0, 0.1) is 5.92 Å². The number of Topliss-reactive ketones (excluding diaryl/α,β-unsaturated/α-hetero) is 1. The first-order valence-electron chi connectivity index (χ1n) is 3.06. The van der Waals surface area contributed by atoms with Gasteiger partial charge in [0.05, 0.1) is 0 Å². The fourth-order valence-electron chi connectivity index (χ4n) is 0.558. The number of hydrogen-bond donors (Lipinski definition) is 1. The number of ketones is 1. The van der Waals surface area contributed by atoms with Crippen molar-refractivity contribution >= 4 is 12.0 Å². The van der Waals surface area contributed by atoms with Crippen molar-refractivity contribution in [3.8, 4) is 0 Å². The van der Waals surface area contributed by atoms with Gasteiger partial charge in [-0.1, -0.05) is 24.2 Å². The molecule has 0 aliphatic heterocycles. The van der Waals surface area contributed by atoms with Gasteiger partial charge >= 0.3 is 0 Å². The van der Waals surface area contributed by atoms with Crippen molar-refractivity contribution in [1.82, 2.24) is 0 Å². The zero-order valence-corrected chi connectivity index (χ0v) is 6.11. The van der Waals surface area contributed by atoms with E-state index in [1.807, 2.05) is 6.92 Å². The molecule has 0 unspecified atom stereocenters. The van der Waals surface area contributed by atoms with Crippen LogP contribution in [0.2, 0.25) is 0 Å². The Kier molecular flexibility index (Phi) is 4.20. The molecular weight excluding hydrogens is 130 g/mol. The van der Waals surface area contributed by atoms with Crippen LogP contribution in [-0.4, -0.2) is 17.2 Å². The first-order chi connectivity index (χ1) is 4.72. The van der Waals surface area contributed by atoms with E-state index in [4.69, 9.17) is 5.21 Å². The number of nitrogens with zero attached hydrogens (tertiary/aromatic N) is 1. The summed E-state index contributed by atoms with van der Waals surface area (Å²) in [6, 6.07) is 0. The van der Waals surface area contributed by atoms with Crippen LogP contribution < -0.4 is 0 Å². The van der Waals surface area contributed by atoms with Crippen molar-refractivity contribution in [2.75, 3.05) is 0 Å². The van der Waals surface area contributed by atoms with Crippen LogP contribution in [0.3, 0.4) is 0 Å². The van der Waals surface area contributed by atoms with Crippen molar-refractivity contribution in [3.63, 3.8) is 0 Å². The Morgan fingerprint density at radius 3 is 2.70 bits per heavy atom. The summed E-state index contributed by atoms with van der Waals surface area (Å²) >= 11 is 0. The van der Waals surface area contributed by atoms with E-state index in [1.54, 1.807) is 19.1 Å². The number of hydrogen-bond acceptors (Lipinski definition) is 3. The number of oxime groups is 1. The van der Waals surface area contributed by atoms with Crippen LogP contribution in [0.15, 0.2) is 17.3 Å². The van der Waals surface area contributed by atoms with Crippen LogP contribution in [0.1, 0.15) is 13.8 Å². The summed E-state index contributed by atoms with van der Waals surface area (Å²) in [6.07, 6.45) is 4.43. The minimum atomic E-state index is -0.194. The molecule has 3 nitrogen and oxygen atoms in total. The summed E-state index contributed by atoms with van der Waals surface area (Å²) in [5.74, 6) is -0.388. The van der Waals surface area contributed by atoms with E-state index in [-0.39, 0.29) is 11.7 Å². The van der Waals surface area contributed by atoms with Crippen molar-refractivity contribution < 1.29 is 10.0 Å². The molecule has 0 aromatic carbocycles. The third-order valence-electron chi connectivity index (χ3n) is 1.11. The van der Waals surface area contributed by atoms with Gasteiger partial charge in [-0.15, -0.1) is 0 Å². The van der Waals surface area contributed by atoms with Crippen LogP contribution in [0.4, 0.5) is 0 Å². The minimum Gasteiger partial charge on any atom is -0.411 e. The third kappa shape index (κ3) is 3.02. The summed E-state index contributed by atoms with van der Waals surface area (Å²) in [5, 5.41) is 10.6. The van der Waals surface area contributed by atoms with Gasteiger partial charge in [0.15, 0.2) is 5.78 Å². The van der Waals surface area contributed by atoms with E-state index in [9.17, 15) is 4.79 Å². The molecule has 0 aliphatic carbocycles. The maximum absolute atomic E-state index is 10.8. The molecule has 0 saturated carbocycles. The highest BCUT2D eigenvalue weighted by atomic mass is 16.4. The topological polar surface area (TPSA) is 49.7 Å². The molecule has 0 fully saturated rings. The Hall–Kier alpha value is -1.12. The number of allylic oxidation sites excluding steroid dienone is 2. The monoisotopic (exact) mass is 141 g/mol. The lowest BCUT2D eigenvalue weighted by Gasteiger charge is -1.96. The van der Waals surface area contributed by atoms with Gasteiger partial charge in [0.2, 0.25) is 0 Å². The summed E-state index contributed by atoms with van der Waals surface area (Å²) in [6.45, 7) is 3.57. The second kappa shape index (κ2) is 4.73. The number of rotatable bonds is 3. The quantitative estimate of drug-likeness (QED) is 0.278. The summed E-state index contributed by atoms with van der Waals surface area (Å²) < 4.78 is 0. The molecular formula is C7H11NO2. The second-order valence-corrected chi connectivity index (χ2v) is 1.96. The zero-order chi connectivity index (χ0) is 7.98. The minimum absolute atomic E-state index is 0.194. The molecule has 0 aromatic rings. The number of carbonyl (C=O) groups is 1. The summed E-state index contributed by atoms with van der Waals surface area (Å²) in [5.41, 5.74) is 0. The highest BCUT2D eigenvalue weighted by Crippen LogP contribution is 1.96. The molecule has 0 rings (SSSR count). The van der Waals surface area contributed by atoms with Gasteiger partial charge in [-0.3, -0.25) is 4.79 Å². The SMILES string of the molecule is C/C=C\[C@H](C)C(=O)C=NO. The van der Waals surface area contributed by atoms with E-state index in [1.165, 1.54) is 0 Å². The predicted molar refractivity (Wildman–Crippen MR) is 39.3 cm³/mol. The molecule has 0 saturated heterocycles. The van der Waals surface area contributed by atoms with Crippen LogP contribution in [0.25, 0.3) is 0 Å². The lowest BCUT2D eigenvalue weighted by Crippen LogP contribution is -2.08. The van der Waals surface area contributed by atoms with E-state index in [0.717, 1.165) is 6.21 Å². The maximum Gasteiger partial charge on any atom is 0.183 e. The van der Waals surface area contributed by atoms with Gasteiger partial charge in [0.1, 0.15) is 6.21 Å². The largest absolute Gasteiger partial charge is 0.411 e. The molecule has 0 amide bonds. The van der Waals surface area contributed by atoms with Crippen LogP contribution in [-0.2, 0) is 4.79 Å². The number of carbonyl (C=O) groups excluding carboxylic acids is 1. The van der Waals surface area contributed by atoms with Crippen molar-refractivity contribution in [2.45, 2.75) is 13.8 Å². The highest BCUT2D eigenvalue weighted by molar-refractivity contribution is 6.28. The van der Waals surface area contributed by atoms with Gasteiger partial charge in [0.25, 0.3) is 0 Å². The fourth-order valence-corrected chi connectivity index (χ4v) is 0.558. The third-order valence-corrected chi connectivity index (χ3v) is 1.11. The average Bonchev–Trinajstić information content (AvgIpc) is 1.89. The normalized spacial score (nSPS) is 14.6. The Labute approximate surface area is 60.0 Å².